The first-order chi connectivity index (χ1) is 12.1. The SMILES string of the molecule is O=C(NCc1ccccc1CN1CCCCCC1)NCC1(O)CCC1. The van der Waals surface area contributed by atoms with Crippen LogP contribution in [0, 0.1) is 0 Å². The van der Waals surface area contributed by atoms with E-state index in [-0.39, 0.29) is 6.03 Å². The van der Waals surface area contributed by atoms with Crippen LogP contribution in [-0.2, 0) is 13.1 Å². The molecule has 0 aromatic heterocycles. The van der Waals surface area contributed by atoms with Crippen molar-refractivity contribution in [2.24, 2.45) is 0 Å². The first-order valence-corrected chi connectivity index (χ1v) is 9.68. The number of hydrogen-bond acceptors (Lipinski definition) is 3. The summed E-state index contributed by atoms with van der Waals surface area (Å²) in [7, 11) is 0. The topological polar surface area (TPSA) is 64.6 Å². The molecular formula is C20H31N3O2. The van der Waals surface area contributed by atoms with Crippen molar-refractivity contribution in [2.45, 2.75) is 63.6 Å². The molecule has 1 heterocycles. The van der Waals surface area contributed by atoms with Crippen LogP contribution >= 0.6 is 0 Å². The Bertz CT molecular complexity index is 564. The molecule has 5 heteroatoms. The molecule has 1 aliphatic carbocycles. The fourth-order valence-electron chi connectivity index (χ4n) is 3.66. The van der Waals surface area contributed by atoms with Gasteiger partial charge in [-0.25, -0.2) is 4.79 Å². The van der Waals surface area contributed by atoms with Crippen molar-refractivity contribution in [2.75, 3.05) is 19.6 Å². The monoisotopic (exact) mass is 345 g/mol. The standard InChI is InChI=1S/C20H31N3O2/c24-19(22-16-20(25)10-7-11-20)21-14-17-8-3-4-9-18(17)15-23-12-5-1-2-6-13-23/h3-4,8-9,25H,1-2,5-7,10-16H2,(H2,21,22,24). The van der Waals surface area contributed by atoms with E-state index >= 15 is 0 Å². The van der Waals surface area contributed by atoms with Crippen LogP contribution in [0.25, 0.3) is 0 Å². The highest BCUT2D eigenvalue weighted by molar-refractivity contribution is 5.74. The maximum Gasteiger partial charge on any atom is 0.315 e. The summed E-state index contributed by atoms with van der Waals surface area (Å²) < 4.78 is 0. The number of amides is 2. The minimum Gasteiger partial charge on any atom is -0.388 e. The quantitative estimate of drug-likeness (QED) is 0.743. The maximum atomic E-state index is 12.0. The van der Waals surface area contributed by atoms with Crippen LogP contribution in [-0.4, -0.2) is 41.3 Å². The second-order valence-electron chi connectivity index (χ2n) is 7.57. The highest BCUT2D eigenvalue weighted by Crippen LogP contribution is 2.30. The summed E-state index contributed by atoms with van der Waals surface area (Å²) in [5.41, 5.74) is 1.79. The third-order valence-electron chi connectivity index (χ3n) is 5.51. The number of urea groups is 1. The first-order valence-electron chi connectivity index (χ1n) is 9.68. The van der Waals surface area contributed by atoms with Gasteiger partial charge in [0.25, 0.3) is 0 Å². The lowest BCUT2D eigenvalue weighted by Crippen LogP contribution is -2.50. The lowest BCUT2D eigenvalue weighted by atomic mass is 9.80. The van der Waals surface area contributed by atoms with E-state index in [9.17, 15) is 9.90 Å². The third-order valence-corrected chi connectivity index (χ3v) is 5.51. The average molecular weight is 345 g/mol. The molecule has 0 unspecified atom stereocenters. The molecule has 2 aliphatic rings. The molecule has 1 aromatic rings. The van der Waals surface area contributed by atoms with E-state index in [1.807, 2.05) is 6.07 Å². The largest absolute Gasteiger partial charge is 0.388 e. The zero-order chi connectivity index (χ0) is 17.5. The van der Waals surface area contributed by atoms with Crippen molar-refractivity contribution in [1.29, 1.82) is 0 Å². The van der Waals surface area contributed by atoms with E-state index in [0.29, 0.717) is 13.1 Å². The van der Waals surface area contributed by atoms with Crippen molar-refractivity contribution in [3.8, 4) is 0 Å². The molecule has 0 atom stereocenters. The number of likely N-dealkylation sites (tertiary alicyclic amines) is 1. The Kier molecular flexibility index (Phi) is 6.32. The van der Waals surface area contributed by atoms with Crippen LogP contribution in [0.4, 0.5) is 4.79 Å². The molecule has 5 nitrogen and oxygen atoms in total. The van der Waals surface area contributed by atoms with Crippen molar-refractivity contribution in [3.63, 3.8) is 0 Å². The number of aliphatic hydroxyl groups is 1. The van der Waals surface area contributed by atoms with Crippen LogP contribution < -0.4 is 10.6 Å². The van der Waals surface area contributed by atoms with Gasteiger partial charge < -0.3 is 15.7 Å². The summed E-state index contributed by atoms with van der Waals surface area (Å²) in [5, 5.41) is 15.8. The van der Waals surface area contributed by atoms with Crippen LogP contribution in [0.3, 0.4) is 0 Å². The lowest BCUT2D eigenvalue weighted by Gasteiger charge is -2.36. The van der Waals surface area contributed by atoms with Gasteiger partial charge in [0, 0.05) is 19.6 Å². The summed E-state index contributed by atoms with van der Waals surface area (Å²) in [5.74, 6) is 0. The van der Waals surface area contributed by atoms with Gasteiger partial charge in [-0.3, -0.25) is 4.90 Å². The fraction of sp³-hybridized carbons (Fsp3) is 0.650. The van der Waals surface area contributed by atoms with Crippen LogP contribution in [0.15, 0.2) is 24.3 Å². The Hall–Kier alpha value is -1.59. The number of benzene rings is 1. The molecule has 25 heavy (non-hydrogen) atoms. The molecule has 2 fully saturated rings. The molecule has 0 bridgehead atoms. The van der Waals surface area contributed by atoms with Gasteiger partial charge in [0.15, 0.2) is 0 Å². The van der Waals surface area contributed by atoms with Crippen molar-refractivity contribution in [1.82, 2.24) is 15.5 Å². The number of nitrogens with one attached hydrogen (secondary N) is 2. The molecule has 1 saturated heterocycles. The number of carbonyl (C=O) groups excluding carboxylic acids is 1. The van der Waals surface area contributed by atoms with Crippen LogP contribution in [0.5, 0.6) is 0 Å². The normalized spacial score (nSPS) is 20.4. The van der Waals surface area contributed by atoms with Crippen molar-refractivity contribution < 1.29 is 9.90 Å². The lowest BCUT2D eigenvalue weighted by molar-refractivity contribution is -0.0290. The minimum absolute atomic E-state index is 0.204. The van der Waals surface area contributed by atoms with Crippen molar-refractivity contribution >= 4 is 6.03 Å². The highest BCUT2D eigenvalue weighted by atomic mass is 16.3. The van der Waals surface area contributed by atoms with Crippen LogP contribution in [0.2, 0.25) is 0 Å². The second kappa shape index (κ2) is 8.68. The molecule has 0 spiro atoms. The van der Waals surface area contributed by atoms with Gasteiger partial charge >= 0.3 is 6.03 Å². The second-order valence-corrected chi connectivity index (χ2v) is 7.57. The molecule has 3 N–H and O–H groups in total. The van der Waals surface area contributed by atoms with Gasteiger partial charge in [-0.05, 0) is 56.3 Å². The number of nitrogens with zero attached hydrogens (tertiary/aromatic N) is 1. The minimum atomic E-state index is -0.679. The van der Waals surface area contributed by atoms with E-state index in [4.69, 9.17) is 0 Å². The van der Waals surface area contributed by atoms with E-state index < -0.39 is 5.60 Å². The Morgan fingerprint density at radius 1 is 1.00 bits per heavy atom. The molecule has 3 rings (SSSR count). The Balaban J connectivity index is 1.49. The van der Waals surface area contributed by atoms with Gasteiger partial charge in [0.1, 0.15) is 0 Å². The van der Waals surface area contributed by atoms with Gasteiger partial charge in [0.05, 0.1) is 5.60 Å². The Morgan fingerprint density at radius 3 is 2.32 bits per heavy atom. The van der Waals surface area contributed by atoms with Crippen LogP contribution in [0.1, 0.15) is 56.1 Å². The Morgan fingerprint density at radius 2 is 1.68 bits per heavy atom. The summed E-state index contributed by atoms with van der Waals surface area (Å²) in [6, 6.07) is 8.15. The molecule has 1 aliphatic heterocycles. The smallest absolute Gasteiger partial charge is 0.315 e. The molecule has 2 amide bonds. The van der Waals surface area contributed by atoms with E-state index in [1.54, 1.807) is 0 Å². The predicted molar refractivity (Wildman–Crippen MR) is 99.2 cm³/mol. The first kappa shape index (κ1) is 18.2. The highest BCUT2D eigenvalue weighted by Gasteiger charge is 2.34. The summed E-state index contributed by atoms with van der Waals surface area (Å²) in [6.07, 6.45) is 7.86. The third kappa shape index (κ3) is 5.44. The van der Waals surface area contributed by atoms with Gasteiger partial charge in [-0.1, -0.05) is 37.1 Å². The molecule has 0 radical (unpaired) electrons. The molecule has 1 saturated carbocycles. The molecule has 1 aromatic carbocycles. The zero-order valence-electron chi connectivity index (χ0n) is 15.1. The predicted octanol–water partition coefficient (Wildman–Crippen LogP) is 2.78. The van der Waals surface area contributed by atoms with E-state index in [1.165, 1.54) is 49.9 Å². The molecule has 138 valence electrons. The number of hydrogen-bond donors (Lipinski definition) is 3. The summed E-state index contributed by atoms with van der Waals surface area (Å²) >= 11 is 0. The van der Waals surface area contributed by atoms with Gasteiger partial charge in [-0.2, -0.15) is 0 Å². The van der Waals surface area contributed by atoms with Gasteiger partial charge in [0.2, 0.25) is 0 Å². The number of rotatable bonds is 6. The molecular weight excluding hydrogens is 314 g/mol. The van der Waals surface area contributed by atoms with E-state index in [0.717, 1.165) is 25.8 Å². The maximum absolute atomic E-state index is 12.0. The Labute approximate surface area is 150 Å². The van der Waals surface area contributed by atoms with Gasteiger partial charge in [-0.15, -0.1) is 0 Å². The number of carbonyl (C=O) groups is 1. The summed E-state index contributed by atoms with van der Waals surface area (Å²) in [6.45, 7) is 4.16. The van der Waals surface area contributed by atoms with Crippen molar-refractivity contribution in [3.05, 3.63) is 35.4 Å². The van der Waals surface area contributed by atoms with E-state index in [2.05, 4.69) is 33.7 Å². The summed E-state index contributed by atoms with van der Waals surface area (Å²) in [4.78, 5) is 14.5. The zero-order valence-corrected chi connectivity index (χ0v) is 15.1. The average Bonchev–Trinajstić information content (AvgIpc) is 2.86. The fourth-order valence-corrected chi connectivity index (χ4v) is 3.66.